The summed E-state index contributed by atoms with van der Waals surface area (Å²) in [5.74, 6) is 1.64. The lowest BCUT2D eigenvalue weighted by Gasteiger charge is -2.12. The Kier molecular flexibility index (Phi) is 5.55. The van der Waals surface area contributed by atoms with Gasteiger partial charge in [-0.15, -0.1) is 0 Å². The second-order valence-electron chi connectivity index (χ2n) is 3.86. The van der Waals surface area contributed by atoms with Gasteiger partial charge in [0.15, 0.2) is 0 Å². The van der Waals surface area contributed by atoms with Gasteiger partial charge in [-0.25, -0.2) is 0 Å². The largest absolute Gasteiger partial charge is 0.490 e. The fourth-order valence-electron chi connectivity index (χ4n) is 1.63. The SMILES string of the molecule is Clc1cccc(OCCOc2ccccc2)c1CBr. The molecular formula is C15H14BrClO2. The molecule has 0 spiro atoms. The Morgan fingerprint density at radius 3 is 2.37 bits per heavy atom. The highest BCUT2D eigenvalue weighted by molar-refractivity contribution is 9.08. The van der Waals surface area contributed by atoms with E-state index in [1.165, 1.54) is 0 Å². The van der Waals surface area contributed by atoms with E-state index in [0.717, 1.165) is 17.1 Å². The van der Waals surface area contributed by atoms with Crippen molar-refractivity contribution in [3.05, 3.63) is 59.1 Å². The van der Waals surface area contributed by atoms with Crippen LogP contribution >= 0.6 is 27.5 Å². The van der Waals surface area contributed by atoms with Crippen LogP contribution in [0.25, 0.3) is 0 Å². The van der Waals surface area contributed by atoms with Gasteiger partial charge in [-0.2, -0.15) is 0 Å². The lowest BCUT2D eigenvalue weighted by molar-refractivity contribution is 0.216. The van der Waals surface area contributed by atoms with Gasteiger partial charge < -0.3 is 9.47 Å². The Labute approximate surface area is 126 Å². The predicted molar refractivity (Wildman–Crippen MR) is 81.5 cm³/mol. The maximum Gasteiger partial charge on any atom is 0.125 e. The molecular weight excluding hydrogens is 328 g/mol. The van der Waals surface area contributed by atoms with Crippen molar-refractivity contribution in [2.24, 2.45) is 0 Å². The Balaban J connectivity index is 1.85. The number of benzene rings is 2. The maximum absolute atomic E-state index is 6.10. The number of halogens is 2. The van der Waals surface area contributed by atoms with Crippen molar-refractivity contribution in [2.45, 2.75) is 5.33 Å². The monoisotopic (exact) mass is 340 g/mol. The van der Waals surface area contributed by atoms with Gasteiger partial charge in [0.25, 0.3) is 0 Å². The number of para-hydroxylation sites is 1. The standard InChI is InChI=1S/C15H14BrClO2/c16-11-13-14(17)7-4-8-15(13)19-10-9-18-12-5-2-1-3-6-12/h1-8H,9-11H2. The minimum atomic E-state index is 0.481. The summed E-state index contributed by atoms with van der Waals surface area (Å²) in [6.07, 6.45) is 0. The van der Waals surface area contributed by atoms with Crippen molar-refractivity contribution in [3.63, 3.8) is 0 Å². The lowest BCUT2D eigenvalue weighted by Crippen LogP contribution is -2.09. The summed E-state index contributed by atoms with van der Waals surface area (Å²) in [4.78, 5) is 0. The van der Waals surface area contributed by atoms with Crippen LogP contribution in [0.15, 0.2) is 48.5 Å². The Hall–Kier alpha value is -1.19. The Morgan fingerprint density at radius 2 is 1.63 bits per heavy atom. The van der Waals surface area contributed by atoms with Crippen molar-refractivity contribution >= 4 is 27.5 Å². The zero-order chi connectivity index (χ0) is 13.5. The molecule has 0 atom stereocenters. The summed E-state index contributed by atoms with van der Waals surface area (Å²) >= 11 is 9.51. The van der Waals surface area contributed by atoms with Crippen LogP contribution in [-0.4, -0.2) is 13.2 Å². The van der Waals surface area contributed by atoms with Gasteiger partial charge in [0.2, 0.25) is 0 Å². The highest BCUT2D eigenvalue weighted by Gasteiger charge is 2.06. The molecule has 0 aromatic heterocycles. The average Bonchev–Trinajstić information content (AvgIpc) is 2.45. The Morgan fingerprint density at radius 1 is 0.895 bits per heavy atom. The zero-order valence-corrected chi connectivity index (χ0v) is 12.7. The molecule has 0 fully saturated rings. The molecule has 0 aliphatic carbocycles. The van der Waals surface area contributed by atoms with E-state index in [4.69, 9.17) is 21.1 Å². The van der Waals surface area contributed by atoms with Crippen LogP contribution < -0.4 is 9.47 Å². The number of hydrogen-bond acceptors (Lipinski definition) is 2. The molecule has 2 rings (SSSR count). The number of hydrogen-bond donors (Lipinski definition) is 0. The fourth-order valence-corrected chi connectivity index (χ4v) is 2.60. The first kappa shape index (κ1) is 14.2. The summed E-state index contributed by atoms with van der Waals surface area (Å²) in [6, 6.07) is 15.3. The van der Waals surface area contributed by atoms with Crippen molar-refractivity contribution in [3.8, 4) is 11.5 Å². The lowest BCUT2D eigenvalue weighted by atomic mass is 10.2. The second kappa shape index (κ2) is 7.41. The smallest absolute Gasteiger partial charge is 0.125 e. The number of ether oxygens (including phenoxy) is 2. The molecule has 0 heterocycles. The normalized spacial score (nSPS) is 10.2. The zero-order valence-electron chi connectivity index (χ0n) is 10.3. The van der Waals surface area contributed by atoms with Crippen LogP contribution in [0.3, 0.4) is 0 Å². The molecule has 0 N–H and O–H groups in total. The van der Waals surface area contributed by atoms with Crippen LogP contribution in [0.5, 0.6) is 11.5 Å². The second-order valence-corrected chi connectivity index (χ2v) is 4.83. The molecule has 2 aromatic carbocycles. The van der Waals surface area contributed by atoms with Gasteiger partial charge in [-0.3, -0.25) is 0 Å². The van der Waals surface area contributed by atoms with Crippen molar-refractivity contribution in [1.82, 2.24) is 0 Å². The summed E-state index contributed by atoms with van der Waals surface area (Å²) in [6.45, 7) is 0.980. The molecule has 0 amide bonds. The number of alkyl halides is 1. The van der Waals surface area contributed by atoms with Gasteiger partial charge in [-0.1, -0.05) is 51.8 Å². The topological polar surface area (TPSA) is 18.5 Å². The highest BCUT2D eigenvalue weighted by atomic mass is 79.9. The first-order valence-electron chi connectivity index (χ1n) is 5.95. The highest BCUT2D eigenvalue weighted by Crippen LogP contribution is 2.28. The molecule has 0 unspecified atom stereocenters. The van der Waals surface area contributed by atoms with E-state index in [-0.39, 0.29) is 0 Å². The first-order chi connectivity index (χ1) is 9.31. The molecule has 0 bridgehead atoms. The van der Waals surface area contributed by atoms with Gasteiger partial charge in [-0.05, 0) is 24.3 Å². The Bertz CT molecular complexity index is 517. The van der Waals surface area contributed by atoms with Crippen LogP contribution in [0, 0.1) is 0 Å². The molecule has 2 nitrogen and oxygen atoms in total. The summed E-state index contributed by atoms with van der Waals surface area (Å²) < 4.78 is 11.3. The quantitative estimate of drug-likeness (QED) is 0.560. The average molecular weight is 342 g/mol. The molecule has 0 aliphatic rings. The van der Waals surface area contributed by atoms with E-state index in [1.54, 1.807) is 0 Å². The maximum atomic E-state index is 6.10. The molecule has 2 aromatic rings. The minimum absolute atomic E-state index is 0.481. The molecule has 100 valence electrons. The third-order valence-corrected chi connectivity index (χ3v) is 3.48. The molecule has 0 saturated heterocycles. The molecule has 19 heavy (non-hydrogen) atoms. The van der Waals surface area contributed by atoms with E-state index in [1.807, 2.05) is 48.5 Å². The summed E-state index contributed by atoms with van der Waals surface area (Å²) in [7, 11) is 0. The fraction of sp³-hybridized carbons (Fsp3) is 0.200. The van der Waals surface area contributed by atoms with Crippen LogP contribution in [-0.2, 0) is 5.33 Å². The van der Waals surface area contributed by atoms with E-state index in [9.17, 15) is 0 Å². The molecule has 0 radical (unpaired) electrons. The van der Waals surface area contributed by atoms with E-state index in [0.29, 0.717) is 23.6 Å². The van der Waals surface area contributed by atoms with Crippen LogP contribution in [0.2, 0.25) is 5.02 Å². The van der Waals surface area contributed by atoms with Crippen molar-refractivity contribution in [1.29, 1.82) is 0 Å². The van der Waals surface area contributed by atoms with E-state index >= 15 is 0 Å². The summed E-state index contributed by atoms with van der Waals surface area (Å²) in [5, 5.41) is 1.38. The van der Waals surface area contributed by atoms with Gasteiger partial charge in [0, 0.05) is 15.9 Å². The van der Waals surface area contributed by atoms with Crippen molar-refractivity contribution < 1.29 is 9.47 Å². The third-order valence-electron chi connectivity index (χ3n) is 2.56. The van der Waals surface area contributed by atoms with Crippen LogP contribution in [0.1, 0.15) is 5.56 Å². The van der Waals surface area contributed by atoms with Crippen molar-refractivity contribution in [2.75, 3.05) is 13.2 Å². The van der Waals surface area contributed by atoms with E-state index in [2.05, 4.69) is 15.9 Å². The predicted octanol–water partition coefficient (Wildman–Crippen LogP) is 4.69. The third kappa shape index (κ3) is 4.15. The van der Waals surface area contributed by atoms with Gasteiger partial charge in [0.05, 0.1) is 0 Å². The minimum Gasteiger partial charge on any atom is -0.490 e. The first-order valence-corrected chi connectivity index (χ1v) is 7.45. The van der Waals surface area contributed by atoms with Crippen LogP contribution in [0.4, 0.5) is 0 Å². The van der Waals surface area contributed by atoms with E-state index < -0.39 is 0 Å². The number of rotatable bonds is 6. The molecule has 4 heteroatoms. The molecule has 0 aliphatic heterocycles. The van der Waals surface area contributed by atoms with Gasteiger partial charge in [0.1, 0.15) is 24.7 Å². The molecule has 0 saturated carbocycles. The summed E-state index contributed by atoms with van der Waals surface area (Å²) in [5.41, 5.74) is 0.962. The van der Waals surface area contributed by atoms with Gasteiger partial charge >= 0.3 is 0 Å².